The number of ether oxygens (including phenoxy) is 4. The molecule has 1 fully saturated rings. The van der Waals surface area contributed by atoms with Gasteiger partial charge in [-0.3, -0.25) is 15.1 Å². The van der Waals surface area contributed by atoms with E-state index < -0.39 is 5.91 Å². The normalized spacial score (nSPS) is 17.3. The fraction of sp³-hybridized carbons (Fsp3) is 0.409. The van der Waals surface area contributed by atoms with E-state index in [1.165, 1.54) is 19.5 Å². The van der Waals surface area contributed by atoms with E-state index in [1.54, 1.807) is 12.1 Å². The zero-order valence-electron chi connectivity index (χ0n) is 19.1. The van der Waals surface area contributed by atoms with Crippen LogP contribution in [0.25, 0.3) is 11.1 Å². The number of aryl methyl sites for hydroxylation is 1. The summed E-state index contributed by atoms with van der Waals surface area (Å²) < 4.78 is 22.6. The molecule has 3 aromatic heterocycles. The highest BCUT2D eigenvalue weighted by Gasteiger charge is 2.30. The number of methoxy groups -OCH3 is 1. The van der Waals surface area contributed by atoms with Crippen molar-refractivity contribution in [3.63, 3.8) is 0 Å². The largest absolute Gasteiger partial charge is 0.494 e. The van der Waals surface area contributed by atoms with Gasteiger partial charge in [-0.2, -0.15) is 0 Å². The van der Waals surface area contributed by atoms with Crippen molar-refractivity contribution in [2.45, 2.75) is 32.5 Å². The molecular formula is C22H24ClN5O5S. The molecule has 4 heterocycles. The maximum Gasteiger partial charge on any atom is 0.295 e. The van der Waals surface area contributed by atoms with Crippen LogP contribution in [0.3, 0.4) is 0 Å². The molecule has 1 atom stereocenters. The predicted octanol–water partition coefficient (Wildman–Crippen LogP) is 3.79. The molecular weight excluding hydrogens is 482 g/mol. The highest BCUT2D eigenvalue weighted by molar-refractivity contribution is 7.17. The Morgan fingerprint density at radius 1 is 1.26 bits per heavy atom. The van der Waals surface area contributed by atoms with Gasteiger partial charge in [0, 0.05) is 23.0 Å². The molecule has 1 aliphatic rings. The number of pyridine rings is 2. The minimum Gasteiger partial charge on any atom is -0.494 e. The molecule has 3 aromatic rings. The number of hydrogen-bond donors (Lipinski definition) is 1. The van der Waals surface area contributed by atoms with Crippen LogP contribution in [-0.4, -0.2) is 64.7 Å². The van der Waals surface area contributed by atoms with Crippen LogP contribution in [0.15, 0.2) is 24.5 Å². The molecule has 12 heteroatoms. The highest BCUT2D eigenvalue weighted by Crippen LogP contribution is 2.34. The third-order valence-electron chi connectivity index (χ3n) is 4.89. The molecule has 0 aromatic carbocycles. The van der Waals surface area contributed by atoms with Crippen molar-refractivity contribution in [3.8, 4) is 22.1 Å². The van der Waals surface area contributed by atoms with Crippen LogP contribution in [0, 0.1) is 6.92 Å². The molecule has 10 nitrogen and oxygen atoms in total. The van der Waals surface area contributed by atoms with Gasteiger partial charge in [-0.25, -0.2) is 4.98 Å². The van der Waals surface area contributed by atoms with E-state index in [0.29, 0.717) is 40.8 Å². The lowest BCUT2D eigenvalue weighted by atomic mass is 10.0. The number of amides is 1. The SMILES string of the molecule is COc1cnc(Cl)cc1-c1cc(C)ncc1C(=O)Nc1nnc(OCC2COCC(C)(C)O2)s1. The Morgan fingerprint density at radius 2 is 2.09 bits per heavy atom. The summed E-state index contributed by atoms with van der Waals surface area (Å²) in [6, 6.07) is 3.42. The molecule has 1 aliphatic heterocycles. The molecule has 0 radical (unpaired) electrons. The average Bonchev–Trinajstić information content (AvgIpc) is 3.24. The Bertz CT molecular complexity index is 1190. The summed E-state index contributed by atoms with van der Waals surface area (Å²) in [5.74, 6) is 0.0682. The molecule has 1 saturated heterocycles. The van der Waals surface area contributed by atoms with E-state index in [-0.39, 0.29) is 28.6 Å². The van der Waals surface area contributed by atoms with Gasteiger partial charge < -0.3 is 18.9 Å². The minimum absolute atomic E-state index is 0.214. The fourth-order valence-electron chi connectivity index (χ4n) is 3.44. The summed E-state index contributed by atoms with van der Waals surface area (Å²) in [6.07, 6.45) is 2.79. The maximum atomic E-state index is 13.1. The summed E-state index contributed by atoms with van der Waals surface area (Å²) in [5.41, 5.74) is 1.90. The van der Waals surface area contributed by atoms with Gasteiger partial charge in [0.25, 0.3) is 11.1 Å². The average molecular weight is 506 g/mol. The first kappa shape index (κ1) is 24.3. The zero-order valence-corrected chi connectivity index (χ0v) is 20.7. The van der Waals surface area contributed by atoms with Crippen LogP contribution < -0.4 is 14.8 Å². The van der Waals surface area contributed by atoms with Gasteiger partial charge in [-0.15, -0.1) is 5.10 Å². The number of nitrogens with one attached hydrogen (secondary N) is 1. The van der Waals surface area contributed by atoms with Gasteiger partial charge in [-0.05, 0) is 44.2 Å². The molecule has 34 heavy (non-hydrogen) atoms. The number of carbonyl (C=O) groups is 1. The Kier molecular flexibility index (Phi) is 7.27. The smallest absolute Gasteiger partial charge is 0.295 e. The zero-order chi connectivity index (χ0) is 24.3. The number of halogens is 1. The number of nitrogens with zero attached hydrogens (tertiary/aromatic N) is 4. The van der Waals surface area contributed by atoms with E-state index in [1.807, 2.05) is 20.8 Å². The number of carbonyl (C=O) groups excluding carboxylic acids is 1. The van der Waals surface area contributed by atoms with E-state index in [0.717, 1.165) is 17.0 Å². The standard InChI is InChI=1S/C22H24ClN5O5S/c1-12-5-14(15-6-18(23)25-8-17(15)30-4)16(7-24-12)19(29)26-20-27-28-21(34-20)32-10-13-9-31-11-22(2,3)33-13/h5-8,13H,9-11H2,1-4H3,(H,26,27,29). The van der Waals surface area contributed by atoms with E-state index in [4.69, 9.17) is 30.5 Å². The van der Waals surface area contributed by atoms with Gasteiger partial charge in [-0.1, -0.05) is 16.7 Å². The summed E-state index contributed by atoms with van der Waals surface area (Å²) >= 11 is 7.21. The lowest BCUT2D eigenvalue weighted by Gasteiger charge is -2.35. The predicted molar refractivity (Wildman–Crippen MR) is 127 cm³/mol. The topological polar surface area (TPSA) is 118 Å². The molecule has 4 rings (SSSR count). The third kappa shape index (κ3) is 5.79. The van der Waals surface area contributed by atoms with Gasteiger partial charge in [0.1, 0.15) is 23.6 Å². The van der Waals surface area contributed by atoms with Crippen LogP contribution in [0.5, 0.6) is 10.9 Å². The van der Waals surface area contributed by atoms with Gasteiger partial charge in [0.15, 0.2) is 0 Å². The summed E-state index contributed by atoms with van der Waals surface area (Å²) in [5, 5.41) is 11.6. The van der Waals surface area contributed by atoms with Crippen LogP contribution in [-0.2, 0) is 9.47 Å². The quantitative estimate of drug-likeness (QED) is 0.478. The molecule has 0 bridgehead atoms. The molecule has 1 N–H and O–H groups in total. The van der Waals surface area contributed by atoms with Crippen molar-refractivity contribution in [2.24, 2.45) is 0 Å². The van der Waals surface area contributed by atoms with Crippen LogP contribution in [0.1, 0.15) is 29.9 Å². The van der Waals surface area contributed by atoms with Gasteiger partial charge in [0.2, 0.25) is 5.13 Å². The first-order chi connectivity index (χ1) is 16.2. The first-order valence-corrected chi connectivity index (χ1v) is 11.6. The van der Waals surface area contributed by atoms with Crippen molar-refractivity contribution >= 4 is 34.0 Å². The Labute approximate surface area is 205 Å². The van der Waals surface area contributed by atoms with Crippen molar-refractivity contribution in [2.75, 3.05) is 32.2 Å². The summed E-state index contributed by atoms with van der Waals surface area (Å²) in [7, 11) is 1.52. The molecule has 0 saturated carbocycles. The first-order valence-electron chi connectivity index (χ1n) is 10.4. The Hall–Kier alpha value is -2.86. The number of hydrogen-bond acceptors (Lipinski definition) is 10. The van der Waals surface area contributed by atoms with Crippen molar-refractivity contribution in [1.29, 1.82) is 0 Å². The van der Waals surface area contributed by atoms with Crippen molar-refractivity contribution < 1.29 is 23.7 Å². The Morgan fingerprint density at radius 3 is 2.85 bits per heavy atom. The molecule has 0 aliphatic carbocycles. The van der Waals surface area contributed by atoms with Crippen LogP contribution in [0.4, 0.5) is 5.13 Å². The highest BCUT2D eigenvalue weighted by atomic mass is 35.5. The molecule has 1 amide bonds. The fourth-order valence-corrected chi connectivity index (χ4v) is 4.20. The number of aromatic nitrogens is 4. The van der Waals surface area contributed by atoms with Crippen LogP contribution in [0.2, 0.25) is 5.15 Å². The molecule has 1 unspecified atom stereocenters. The second kappa shape index (κ2) is 10.2. The lowest BCUT2D eigenvalue weighted by Crippen LogP contribution is -2.45. The second-order valence-corrected chi connectivity index (χ2v) is 9.56. The number of anilines is 1. The molecule has 180 valence electrons. The lowest BCUT2D eigenvalue weighted by molar-refractivity contribution is -0.189. The van der Waals surface area contributed by atoms with E-state index in [2.05, 4.69) is 25.5 Å². The molecule has 0 spiro atoms. The Balaban J connectivity index is 1.48. The summed E-state index contributed by atoms with van der Waals surface area (Å²) in [6.45, 7) is 6.99. The van der Waals surface area contributed by atoms with Crippen molar-refractivity contribution in [1.82, 2.24) is 20.2 Å². The maximum absolute atomic E-state index is 13.1. The second-order valence-electron chi connectivity index (χ2n) is 8.23. The van der Waals surface area contributed by atoms with Crippen molar-refractivity contribution in [3.05, 3.63) is 40.9 Å². The van der Waals surface area contributed by atoms with Gasteiger partial charge >= 0.3 is 0 Å². The number of rotatable bonds is 7. The summed E-state index contributed by atoms with van der Waals surface area (Å²) in [4.78, 5) is 21.4. The third-order valence-corrected chi connectivity index (χ3v) is 5.85. The minimum atomic E-state index is -0.411. The monoisotopic (exact) mass is 505 g/mol. The van der Waals surface area contributed by atoms with E-state index >= 15 is 0 Å². The van der Waals surface area contributed by atoms with Crippen LogP contribution >= 0.6 is 22.9 Å². The van der Waals surface area contributed by atoms with Gasteiger partial charge in [0.05, 0.1) is 37.7 Å². The van der Waals surface area contributed by atoms with E-state index in [9.17, 15) is 4.79 Å².